The van der Waals surface area contributed by atoms with E-state index in [0.717, 1.165) is 30.5 Å². The first-order chi connectivity index (χ1) is 17.5. The summed E-state index contributed by atoms with van der Waals surface area (Å²) in [7, 11) is 3.62. The van der Waals surface area contributed by atoms with Crippen molar-refractivity contribution >= 4 is 23.4 Å². The molecule has 3 amide bonds. The average molecular weight is 494 g/mol. The van der Waals surface area contributed by atoms with Crippen molar-refractivity contribution in [3.63, 3.8) is 0 Å². The number of fused-ring (bicyclic) bond motifs is 3. The van der Waals surface area contributed by atoms with E-state index in [9.17, 15) is 14.4 Å². The minimum absolute atomic E-state index is 0.0310. The van der Waals surface area contributed by atoms with Crippen LogP contribution >= 0.6 is 0 Å². The third-order valence-electron chi connectivity index (χ3n) is 7.24. The molecule has 6 rings (SSSR count). The number of rotatable bonds is 5. The molecule has 2 aromatic carbocycles. The zero-order valence-electron chi connectivity index (χ0n) is 20.2. The van der Waals surface area contributed by atoms with E-state index >= 15 is 0 Å². The number of amides is 3. The van der Waals surface area contributed by atoms with E-state index in [-0.39, 0.29) is 36.5 Å². The molecule has 0 unspecified atom stereocenters. The zero-order valence-corrected chi connectivity index (χ0v) is 20.2. The Labute approximate surface area is 208 Å². The van der Waals surface area contributed by atoms with Crippen molar-refractivity contribution in [1.82, 2.24) is 9.80 Å². The van der Waals surface area contributed by atoms with Gasteiger partial charge in [-0.2, -0.15) is 0 Å². The van der Waals surface area contributed by atoms with Crippen LogP contribution in [0.5, 0.6) is 17.2 Å². The molecule has 0 spiro atoms. The van der Waals surface area contributed by atoms with Crippen LogP contribution in [-0.4, -0.2) is 74.3 Å². The Balaban J connectivity index is 1.30. The molecule has 188 valence electrons. The monoisotopic (exact) mass is 493 g/mol. The topological polar surface area (TPSA) is 107 Å². The predicted molar refractivity (Wildman–Crippen MR) is 128 cm³/mol. The van der Waals surface area contributed by atoms with Gasteiger partial charge in [-0.05, 0) is 50.1 Å². The van der Waals surface area contributed by atoms with Gasteiger partial charge in [0.1, 0.15) is 0 Å². The highest BCUT2D eigenvalue weighted by Crippen LogP contribution is 2.52. The molecule has 1 N–H and O–H groups in total. The van der Waals surface area contributed by atoms with Crippen LogP contribution in [0.4, 0.5) is 5.69 Å². The minimum atomic E-state index is -0.403. The van der Waals surface area contributed by atoms with Gasteiger partial charge >= 0.3 is 0 Å². The fourth-order valence-corrected chi connectivity index (χ4v) is 5.41. The molecule has 1 atom stereocenters. The van der Waals surface area contributed by atoms with Crippen molar-refractivity contribution in [2.24, 2.45) is 0 Å². The molecule has 0 radical (unpaired) electrons. The van der Waals surface area contributed by atoms with Gasteiger partial charge in [0.25, 0.3) is 17.7 Å². The molecule has 1 saturated heterocycles. The fraction of sp³-hybridized carbons (Fsp3) is 0.423. The number of likely N-dealkylation sites (N-methyl/N-ethyl adjacent to an activating group) is 1. The van der Waals surface area contributed by atoms with Crippen LogP contribution in [0, 0.1) is 0 Å². The molecule has 2 aromatic rings. The van der Waals surface area contributed by atoms with Gasteiger partial charge in [0.15, 0.2) is 11.5 Å². The molecule has 1 fully saturated rings. The van der Waals surface area contributed by atoms with Crippen molar-refractivity contribution in [3.05, 3.63) is 46.0 Å². The number of anilines is 1. The van der Waals surface area contributed by atoms with E-state index in [1.165, 1.54) is 11.0 Å². The van der Waals surface area contributed by atoms with Crippen LogP contribution in [0.25, 0.3) is 0 Å². The van der Waals surface area contributed by atoms with Crippen LogP contribution in [0.15, 0.2) is 18.2 Å². The maximum Gasteiger partial charge on any atom is 0.261 e. The van der Waals surface area contributed by atoms with Crippen LogP contribution in [0.3, 0.4) is 0 Å². The summed E-state index contributed by atoms with van der Waals surface area (Å²) < 4.78 is 22.7. The number of carbonyl (C=O) groups excluding carboxylic acids is 3. The summed E-state index contributed by atoms with van der Waals surface area (Å²) in [6, 6.07) is 4.60. The predicted octanol–water partition coefficient (Wildman–Crippen LogP) is 2.44. The Kier molecular flexibility index (Phi) is 5.57. The molecule has 0 aliphatic carbocycles. The highest BCUT2D eigenvalue weighted by molar-refractivity contribution is 6.22. The van der Waals surface area contributed by atoms with E-state index in [2.05, 4.69) is 10.2 Å². The Morgan fingerprint density at radius 3 is 2.72 bits per heavy atom. The van der Waals surface area contributed by atoms with Crippen molar-refractivity contribution in [1.29, 1.82) is 0 Å². The van der Waals surface area contributed by atoms with Crippen LogP contribution in [0.1, 0.15) is 55.0 Å². The molecule has 0 aromatic heterocycles. The van der Waals surface area contributed by atoms with Crippen molar-refractivity contribution in [2.45, 2.75) is 31.9 Å². The highest BCUT2D eigenvalue weighted by Gasteiger charge is 2.38. The average Bonchev–Trinajstić information content (AvgIpc) is 3.62. The first-order valence-electron chi connectivity index (χ1n) is 12.1. The number of hydrogen-bond acceptors (Lipinski definition) is 8. The lowest BCUT2D eigenvalue weighted by molar-refractivity contribution is 0.0475. The van der Waals surface area contributed by atoms with E-state index < -0.39 is 11.8 Å². The normalized spacial score (nSPS) is 20.5. The molecule has 0 bridgehead atoms. The standard InChI is InChI=1S/C26H27N3O7/c1-28-8-7-16-19(12-28)21(33-2)23-22(35-13-36-23)20(16)27-24(30)14-5-6-17-18(10-14)26(32)29(25(17)31)11-15-4-3-9-34-15/h5-6,10,15H,3-4,7-9,11-13H2,1-2H3,(H,27,30)/t15-/m0/s1. The summed E-state index contributed by atoms with van der Waals surface area (Å²) in [6.07, 6.45) is 2.30. The first kappa shape index (κ1) is 22.8. The van der Waals surface area contributed by atoms with Crippen LogP contribution in [-0.2, 0) is 17.7 Å². The van der Waals surface area contributed by atoms with Gasteiger partial charge in [0.05, 0.1) is 36.6 Å². The van der Waals surface area contributed by atoms with Crippen LogP contribution in [0.2, 0.25) is 0 Å². The quantitative estimate of drug-likeness (QED) is 0.633. The molecule has 4 aliphatic heterocycles. The number of nitrogens with zero attached hydrogens (tertiary/aromatic N) is 2. The van der Waals surface area contributed by atoms with Crippen molar-refractivity contribution in [3.8, 4) is 17.2 Å². The lowest BCUT2D eigenvalue weighted by Crippen LogP contribution is -2.36. The molecule has 0 saturated carbocycles. The second-order valence-corrected chi connectivity index (χ2v) is 9.49. The lowest BCUT2D eigenvalue weighted by atomic mass is 9.95. The van der Waals surface area contributed by atoms with E-state index in [4.69, 9.17) is 18.9 Å². The maximum absolute atomic E-state index is 13.4. The molecular formula is C26H27N3O7. The van der Waals surface area contributed by atoms with Gasteiger partial charge in [-0.25, -0.2) is 0 Å². The molecule has 10 nitrogen and oxygen atoms in total. The summed E-state index contributed by atoms with van der Waals surface area (Å²) in [6.45, 7) is 2.36. The highest BCUT2D eigenvalue weighted by atomic mass is 16.7. The molecular weight excluding hydrogens is 466 g/mol. The van der Waals surface area contributed by atoms with Gasteiger partial charge in [0, 0.05) is 30.8 Å². The van der Waals surface area contributed by atoms with Gasteiger partial charge in [-0.15, -0.1) is 0 Å². The summed E-state index contributed by atoms with van der Waals surface area (Å²) in [5, 5.41) is 2.99. The number of nitrogens with one attached hydrogen (secondary N) is 1. The second-order valence-electron chi connectivity index (χ2n) is 9.49. The largest absolute Gasteiger partial charge is 0.492 e. The number of imide groups is 1. The molecule has 36 heavy (non-hydrogen) atoms. The number of benzene rings is 2. The Bertz CT molecular complexity index is 1290. The summed E-state index contributed by atoms with van der Waals surface area (Å²) in [5.41, 5.74) is 3.26. The maximum atomic E-state index is 13.4. The Hall–Kier alpha value is -3.63. The summed E-state index contributed by atoms with van der Waals surface area (Å²) >= 11 is 0. The number of hydrogen-bond donors (Lipinski definition) is 1. The SMILES string of the molecule is COc1c2c(c(NC(=O)c3ccc4c(c3)C(=O)N(C[C@@H]3CCCO3)C4=O)c3c1OCO3)CCN(C)C2. The van der Waals surface area contributed by atoms with E-state index in [1.807, 2.05) is 7.05 Å². The number of methoxy groups -OCH3 is 1. The Morgan fingerprint density at radius 1 is 1.14 bits per heavy atom. The molecule has 4 heterocycles. The number of carbonyl (C=O) groups is 3. The number of ether oxygens (including phenoxy) is 4. The van der Waals surface area contributed by atoms with Crippen molar-refractivity contribution in [2.75, 3.05) is 46.0 Å². The van der Waals surface area contributed by atoms with Gasteiger partial charge < -0.3 is 29.2 Å². The molecule has 4 aliphatic rings. The smallest absolute Gasteiger partial charge is 0.261 e. The van der Waals surface area contributed by atoms with Crippen LogP contribution < -0.4 is 19.5 Å². The minimum Gasteiger partial charge on any atom is -0.492 e. The Morgan fingerprint density at radius 2 is 1.94 bits per heavy atom. The lowest BCUT2D eigenvalue weighted by Gasteiger charge is -2.29. The third kappa shape index (κ3) is 3.59. The zero-order chi connectivity index (χ0) is 25.0. The molecule has 10 heteroatoms. The van der Waals surface area contributed by atoms with Gasteiger partial charge in [-0.3, -0.25) is 19.3 Å². The van der Waals surface area contributed by atoms with E-state index in [1.54, 1.807) is 19.2 Å². The second kappa shape index (κ2) is 8.79. The summed E-state index contributed by atoms with van der Waals surface area (Å²) in [4.78, 5) is 42.7. The van der Waals surface area contributed by atoms with Crippen molar-refractivity contribution < 1.29 is 33.3 Å². The fourth-order valence-electron chi connectivity index (χ4n) is 5.41. The third-order valence-corrected chi connectivity index (χ3v) is 7.24. The summed E-state index contributed by atoms with van der Waals surface area (Å²) in [5.74, 6) is 0.381. The van der Waals surface area contributed by atoms with Gasteiger partial charge in [0.2, 0.25) is 12.5 Å². The van der Waals surface area contributed by atoms with E-state index in [0.29, 0.717) is 48.1 Å². The first-order valence-corrected chi connectivity index (χ1v) is 12.1. The van der Waals surface area contributed by atoms with Gasteiger partial charge in [-0.1, -0.05) is 0 Å².